The van der Waals surface area contributed by atoms with E-state index in [1.807, 2.05) is 69.0 Å². The van der Waals surface area contributed by atoms with Gasteiger partial charge in [-0.2, -0.15) is 35.1 Å². The summed E-state index contributed by atoms with van der Waals surface area (Å²) in [7, 11) is -9.35. The molecule has 0 bridgehead atoms. The minimum atomic E-state index is -4.95. The van der Waals surface area contributed by atoms with Crippen LogP contribution < -0.4 is 25.1 Å². The molecular weight excluding hydrogens is 1540 g/mol. The average Bonchev–Trinajstić information content (AvgIpc) is 1.41. The summed E-state index contributed by atoms with van der Waals surface area (Å²) in [6.07, 6.45) is -7.65. The number of rotatable bonds is 25. The van der Waals surface area contributed by atoms with Crippen molar-refractivity contribution in [1.29, 1.82) is 0.594 Å². The lowest BCUT2D eigenvalue weighted by molar-refractivity contribution is -0.207. The number of pyridine rings is 3. The maximum absolute atomic E-state index is 16.2. The predicted molar refractivity (Wildman–Crippen MR) is 378 cm³/mol. The summed E-state index contributed by atoms with van der Waals surface area (Å²) >= 11 is 1.40. The molecule has 104 heavy (non-hydrogen) atoms. The number of nitrogens with zero attached hydrogens (tertiary/aromatic N) is 11. The number of alkyl halides is 8. The van der Waals surface area contributed by atoms with Crippen LogP contribution in [-0.4, -0.2) is 164 Å². The highest BCUT2D eigenvalue weighted by Crippen LogP contribution is 2.57. The number of phosphoric acid groups is 2. The summed E-state index contributed by atoms with van der Waals surface area (Å²) < 4.78 is 222. The highest BCUT2D eigenvalue weighted by atomic mass is 127. The Hall–Kier alpha value is -6.47. The maximum atomic E-state index is 16.2. The fraction of sp³-hybridized carbons (Fsp3) is 0.493. The zero-order chi connectivity index (χ0) is 76.6. The molecule has 3 aromatic carbocycles. The van der Waals surface area contributed by atoms with Crippen LogP contribution in [0.15, 0.2) is 128 Å². The van der Waals surface area contributed by atoms with Crippen molar-refractivity contribution in [2.45, 2.75) is 122 Å². The van der Waals surface area contributed by atoms with Crippen LogP contribution in [0.5, 0.6) is 0 Å². The molecule has 0 saturated carbocycles. The number of ether oxygens (including phenoxy) is 1. The molecule has 2 unspecified atom stereocenters. The number of anilines is 4. The van der Waals surface area contributed by atoms with Crippen LogP contribution in [0.25, 0.3) is 11.1 Å². The first kappa shape index (κ1) is 81.6. The molecule has 11 rings (SSSR count). The second kappa shape index (κ2) is 35.5. The van der Waals surface area contributed by atoms with Crippen LogP contribution in [0.2, 0.25) is 0 Å². The zero-order valence-corrected chi connectivity index (χ0v) is 62.2. The Bertz CT molecular complexity index is 3900. The Morgan fingerprint density at radius 3 is 1.36 bits per heavy atom. The van der Waals surface area contributed by atoms with Gasteiger partial charge in [0.25, 0.3) is 0 Å². The molecule has 1 N–H and O–H groups in total. The van der Waals surface area contributed by atoms with E-state index < -0.39 is 111 Å². The topological polar surface area (TPSA) is 233 Å². The Labute approximate surface area is 614 Å². The summed E-state index contributed by atoms with van der Waals surface area (Å²) in [4.78, 5) is 20.3. The smallest absolute Gasteiger partial charge is 0.399 e. The highest BCUT2D eigenvalue weighted by molar-refractivity contribution is 14.0. The predicted octanol–water partition coefficient (Wildman–Crippen LogP) is 14.1. The van der Waals surface area contributed by atoms with E-state index in [9.17, 15) is 49.4 Å². The number of tetrazole rings is 1. The van der Waals surface area contributed by atoms with Crippen molar-refractivity contribution in [3.8, 4) is 11.1 Å². The molecule has 4 aromatic heterocycles. The van der Waals surface area contributed by atoms with Crippen LogP contribution in [0, 0.1) is 11.6 Å². The number of aromatic nitrogens is 7. The van der Waals surface area contributed by atoms with Gasteiger partial charge >= 0.3 is 41.0 Å². The van der Waals surface area contributed by atoms with Gasteiger partial charge in [0.2, 0.25) is 12.2 Å². The second-order valence-corrected chi connectivity index (χ2v) is 28.2. The Kier molecular flexibility index (Phi) is 27.9. The number of piperazine rings is 2. The quantitative estimate of drug-likeness (QED) is 0.0242. The summed E-state index contributed by atoms with van der Waals surface area (Å²) in [5, 5.41) is 21.7. The molecule has 0 spiro atoms. The van der Waals surface area contributed by atoms with E-state index in [0.29, 0.717) is 67.8 Å². The third kappa shape index (κ3) is 20.6. The first-order valence-corrected chi connectivity index (χ1v) is 36.2. The van der Waals surface area contributed by atoms with Crippen LogP contribution in [0.1, 0.15) is 103 Å². The normalized spacial score (nSPS) is 17.7. The molecule has 0 radical (unpaired) electrons. The molecule has 37 heteroatoms. The number of hydrogen-bond donors (Lipinski definition) is 1. The molecule has 4 saturated heterocycles. The van der Waals surface area contributed by atoms with Crippen LogP contribution in [0.3, 0.4) is 0 Å². The summed E-state index contributed by atoms with van der Waals surface area (Å²) in [5.74, 6) is -6.62. The lowest BCUT2D eigenvalue weighted by Crippen LogP contribution is -2.48. The van der Waals surface area contributed by atoms with Crippen LogP contribution in [-0.2, 0) is 68.4 Å². The van der Waals surface area contributed by atoms with Crippen molar-refractivity contribution in [3.05, 3.63) is 162 Å². The van der Waals surface area contributed by atoms with Gasteiger partial charge in [0, 0.05) is 100 Å². The Morgan fingerprint density at radius 1 is 0.577 bits per heavy atom. The Balaban J connectivity index is 0.000000254. The standard InChI is InChI=1S/C36H36F7N8O5P.C27H38BF3N3O6P.C4H8O.HI/c1-3-54-57(53,55-4-2)56-33(36(41,42)43)31-13-11-28(21-44-31)50-17-15-49(16-18-50)27-9-5-24(6-10-27)25-7-14-32(45-20-25)35(39,40)34(52,22-51-23-46-47-48-51)29-12-8-26(37)19-30(29)38;1-7-36-41(35,37-8-2)38-24(27(29,30)31)23-14-13-22(19-32-23)34-17-15-33(16-18-34)21-11-9-20(10-12-21)28-39-25(3,4)26(5,6)40-28;1-2-4-5-3-1;/h5-14,19-21,23,33,52H,3-4,15-18,22H2,1-2H3;9-14,19,24H,7-8,15-18H2,1-6H3;1-4H2;1H/t33?,34-;;;/m0.../s1/i/hD. The first-order chi connectivity index (χ1) is 49.7. The van der Waals surface area contributed by atoms with Crippen molar-refractivity contribution >= 4 is 74.8 Å². The molecule has 4 aliphatic heterocycles. The number of benzene rings is 3. The highest BCUT2D eigenvalue weighted by Gasteiger charge is 2.58. The molecule has 8 heterocycles. The minimum Gasteiger partial charge on any atom is -0.399 e. The van der Waals surface area contributed by atoms with Gasteiger partial charge in [-0.3, -0.25) is 42.1 Å². The van der Waals surface area contributed by atoms with Gasteiger partial charge in [-0.25, -0.2) is 22.6 Å². The van der Waals surface area contributed by atoms with Gasteiger partial charge in [-0.1, -0.05) is 30.3 Å². The summed E-state index contributed by atoms with van der Waals surface area (Å²) in [6, 6.07) is 25.0. The van der Waals surface area contributed by atoms with Gasteiger partial charge in [0.05, 0.1) is 79.3 Å². The number of halogens is 11. The lowest BCUT2D eigenvalue weighted by atomic mass is 9.79. The number of aliphatic hydroxyl groups is 1. The van der Waals surface area contributed by atoms with Gasteiger partial charge in [-0.05, 0) is 156 Å². The van der Waals surface area contributed by atoms with Gasteiger partial charge < -0.3 is 38.8 Å². The van der Waals surface area contributed by atoms with Crippen molar-refractivity contribution in [2.24, 2.45) is 0 Å². The lowest BCUT2D eigenvalue weighted by Gasteiger charge is -2.37. The molecule has 0 amide bonds. The van der Waals surface area contributed by atoms with E-state index >= 15 is 8.78 Å². The average molecular weight is 1630 g/mol. The molecular formula is C67H83BF10IN11O12P2. The van der Waals surface area contributed by atoms with E-state index in [-0.39, 0.29) is 26.4 Å². The molecule has 7 aromatic rings. The minimum absolute atomic E-state index is 0.135. The van der Waals surface area contributed by atoms with E-state index in [4.69, 9.17) is 41.8 Å². The van der Waals surface area contributed by atoms with Crippen LogP contribution in [0.4, 0.5) is 66.7 Å². The fourth-order valence-electron chi connectivity index (χ4n) is 11.4. The van der Waals surface area contributed by atoms with Crippen molar-refractivity contribution in [2.75, 3.05) is 112 Å². The molecule has 3 atom stereocenters. The number of hydrogen-bond acceptors (Lipinski definition) is 22. The summed E-state index contributed by atoms with van der Waals surface area (Å²) in [6.45, 7) is 19.2. The summed E-state index contributed by atoms with van der Waals surface area (Å²) in [5.41, 5.74) is -1.54. The number of phosphoric ester groups is 2. The van der Waals surface area contributed by atoms with E-state index in [1.54, 1.807) is 18.2 Å². The molecule has 23 nitrogen and oxygen atoms in total. The first-order valence-electron chi connectivity index (χ1n) is 33.7. The fourth-order valence-corrected chi connectivity index (χ4v) is 14.0. The maximum Gasteiger partial charge on any atom is 0.494 e. The van der Waals surface area contributed by atoms with Crippen molar-refractivity contribution < 1.29 is 99.3 Å². The third-order valence-corrected chi connectivity index (χ3v) is 20.8. The SMILES string of the molecule is C1CCOC1.CCOP(=O)(OCC)OC(c1ccc(N2CCN(c3ccc(-c4ccc(C(F)(F)[C@](O)(Cn5cnnn5)c5ccc(F)cc5F)nc4)cc3)CC2)cn1)C(F)(F)F.CCOP(=O)(OCC)OC(c1ccc(N2CCN(c3ccc(B4OC(C)(C)C(C)(C)O4)cc3)CC2)cn1)C(F)(F)F.[2H]I. The third-order valence-electron chi connectivity index (χ3n) is 17.5. The van der Waals surface area contributed by atoms with Gasteiger partial charge in [-0.15, -0.1) is 28.9 Å². The van der Waals surface area contributed by atoms with Crippen LogP contribution >= 0.6 is 39.4 Å². The second-order valence-electron chi connectivity index (χ2n) is 25.0. The molecule has 4 aliphatic rings. The molecule has 0 aliphatic carbocycles. The monoisotopic (exact) mass is 1620 g/mol. The largest absolute Gasteiger partial charge is 0.494 e. The van der Waals surface area contributed by atoms with Crippen molar-refractivity contribution in [3.63, 3.8) is 0 Å². The van der Waals surface area contributed by atoms with Gasteiger partial charge in [0.15, 0.2) is 5.60 Å². The van der Waals surface area contributed by atoms with E-state index in [2.05, 4.69) is 45.2 Å². The molecule has 4 fully saturated rings. The zero-order valence-electron chi connectivity index (χ0n) is 59.3. The Morgan fingerprint density at radius 2 is 1.00 bits per heavy atom. The molecule has 568 valence electrons. The van der Waals surface area contributed by atoms with Crippen molar-refractivity contribution in [1.82, 2.24) is 35.2 Å². The van der Waals surface area contributed by atoms with E-state index in [0.717, 1.165) is 78.4 Å². The van der Waals surface area contributed by atoms with E-state index in [1.165, 1.54) is 101 Å². The van der Waals surface area contributed by atoms with Gasteiger partial charge in [0.1, 0.15) is 24.2 Å².